The highest BCUT2D eigenvalue weighted by atomic mass is 19.4. The minimum Gasteiger partial charge on any atom is -0.454 e. The molecule has 0 aromatic heterocycles. The van der Waals surface area contributed by atoms with Crippen molar-refractivity contribution in [3.05, 3.63) is 59.2 Å². The van der Waals surface area contributed by atoms with Crippen molar-refractivity contribution in [2.45, 2.75) is 25.7 Å². The van der Waals surface area contributed by atoms with Crippen LogP contribution in [0.3, 0.4) is 0 Å². The third-order valence-corrected chi connectivity index (χ3v) is 4.00. The lowest BCUT2D eigenvalue weighted by Gasteiger charge is -2.14. The fraction of sp³-hybridized carbons (Fsp3) is 0.263. The molecule has 0 aliphatic carbocycles. The number of rotatable bonds is 5. The molecule has 1 aliphatic rings. The lowest BCUT2D eigenvalue weighted by molar-refractivity contribution is -0.137. The molecule has 6 nitrogen and oxygen atoms in total. The van der Waals surface area contributed by atoms with Gasteiger partial charge in [0.15, 0.2) is 17.6 Å². The fourth-order valence-corrected chi connectivity index (χ4v) is 2.46. The van der Waals surface area contributed by atoms with Crippen molar-refractivity contribution in [2.75, 3.05) is 6.79 Å². The molecule has 0 bridgehead atoms. The molecule has 0 radical (unpaired) electrons. The molecule has 0 saturated heterocycles. The molecular formula is C19H16F3NO5. The van der Waals surface area contributed by atoms with E-state index in [4.69, 9.17) is 14.2 Å². The Morgan fingerprint density at radius 1 is 1.11 bits per heavy atom. The van der Waals surface area contributed by atoms with Crippen molar-refractivity contribution in [1.82, 2.24) is 5.32 Å². The maximum atomic E-state index is 12.6. The number of alkyl halides is 3. The molecule has 28 heavy (non-hydrogen) atoms. The smallest absolute Gasteiger partial charge is 0.416 e. The number of esters is 1. The number of hydrogen-bond donors (Lipinski definition) is 1. The zero-order valence-electron chi connectivity index (χ0n) is 14.7. The maximum absolute atomic E-state index is 12.6. The van der Waals surface area contributed by atoms with Gasteiger partial charge in [-0.3, -0.25) is 4.79 Å². The van der Waals surface area contributed by atoms with Crippen molar-refractivity contribution in [1.29, 1.82) is 0 Å². The van der Waals surface area contributed by atoms with Crippen LogP contribution >= 0.6 is 0 Å². The molecule has 2 aromatic rings. The maximum Gasteiger partial charge on any atom is 0.416 e. The van der Waals surface area contributed by atoms with E-state index in [2.05, 4.69) is 5.32 Å². The standard InChI is InChI=1S/C19H16F3NO5/c1-11(28-18(25)13-3-5-14(6-4-13)19(20,21)22)17(24)23-9-12-2-7-15-16(8-12)27-10-26-15/h2-8,11H,9-10H2,1H3,(H,23,24)/t11-/m0/s1. The first-order chi connectivity index (χ1) is 13.2. The zero-order chi connectivity index (χ0) is 20.3. The van der Waals surface area contributed by atoms with E-state index in [0.717, 1.165) is 29.8 Å². The number of benzene rings is 2. The molecule has 3 rings (SSSR count). The molecule has 0 unspecified atom stereocenters. The summed E-state index contributed by atoms with van der Waals surface area (Å²) in [5.74, 6) is -0.236. The van der Waals surface area contributed by atoms with E-state index in [-0.39, 0.29) is 18.9 Å². The number of fused-ring (bicyclic) bond motifs is 1. The summed E-state index contributed by atoms with van der Waals surface area (Å²) in [6, 6.07) is 8.76. The van der Waals surface area contributed by atoms with E-state index in [1.54, 1.807) is 18.2 Å². The van der Waals surface area contributed by atoms with Crippen molar-refractivity contribution in [3.8, 4) is 11.5 Å². The van der Waals surface area contributed by atoms with Gasteiger partial charge in [0, 0.05) is 6.54 Å². The van der Waals surface area contributed by atoms with Crippen LogP contribution in [0.4, 0.5) is 13.2 Å². The van der Waals surface area contributed by atoms with E-state index in [0.29, 0.717) is 11.5 Å². The monoisotopic (exact) mass is 395 g/mol. The van der Waals surface area contributed by atoms with Gasteiger partial charge in [0.1, 0.15) is 0 Å². The zero-order valence-corrected chi connectivity index (χ0v) is 14.7. The summed E-state index contributed by atoms with van der Waals surface area (Å²) in [6.45, 7) is 1.69. The van der Waals surface area contributed by atoms with Gasteiger partial charge in [0.2, 0.25) is 6.79 Å². The molecule has 0 spiro atoms. The molecule has 1 N–H and O–H groups in total. The first kappa shape index (κ1) is 19.5. The SMILES string of the molecule is C[C@H](OC(=O)c1ccc(C(F)(F)F)cc1)C(=O)NCc1ccc2c(c1)OCO2. The predicted octanol–water partition coefficient (Wildman–Crippen LogP) is 3.30. The predicted molar refractivity (Wildman–Crippen MR) is 90.7 cm³/mol. The van der Waals surface area contributed by atoms with Gasteiger partial charge >= 0.3 is 12.1 Å². The van der Waals surface area contributed by atoms with Crippen LogP contribution in [0, 0.1) is 0 Å². The Hall–Kier alpha value is -3.23. The normalized spacial score (nSPS) is 13.7. The minimum atomic E-state index is -4.50. The van der Waals surface area contributed by atoms with E-state index >= 15 is 0 Å². The lowest BCUT2D eigenvalue weighted by atomic mass is 10.1. The fourth-order valence-electron chi connectivity index (χ4n) is 2.46. The average molecular weight is 395 g/mol. The second kappa shape index (κ2) is 7.79. The lowest BCUT2D eigenvalue weighted by Crippen LogP contribution is -2.35. The third kappa shape index (κ3) is 4.54. The second-order valence-corrected chi connectivity index (χ2v) is 6.03. The molecule has 1 amide bonds. The van der Waals surface area contributed by atoms with Gasteiger partial charge in [-0.05, 0) is 48.9 Å². The molecule has 1 heterocycles. The average Bonchev–Trinajstić information content (AvgIpc) is 3.13. The van der Waals surface area contributed by atoms with Crippen molar-refractivity contribution in [2.24, 2.45) is 0 Å². The van der Waals surface area contributed by atoms with Crippen molar-refractivity contribution in [3.63, 3.8) is 0 Å². The Morgan fingerprint density at radius 3 is 2.46 bits per heavy atom. The topological polar surface area (TPSA) is 73.9 Å². The van der Waals surface area contributed by atoms with Crippen molar-refractivity contribution >= 4 is 11.9 Å². The van der Waals surface area contributed by atoms with Gasteiger partial charge in [0.25, 0.3) is 5.91 Å². The van der Waals surface area contributed by atoms with Crippen LogP contribution in [0.2, 0.25) is 0 Å². The molecule has 0 fully saturated rings. The van der Waals surface area contributed by atoms with Crippen LogP contribution < -0.4 is 14.8 Å². The van der Waals surface area contributed by atoms with Gasteiger partial charge in [-0.1, -0.05) is 6.07 Å². The number of carbonyl (C=O) groups is 2. The summed E-state index contributed by atoms with van der Waals surface area (Å²) in [5, 5.41) is 2.61. The van der Waals surface area contributed by atoms with Gasteiger partial charge in [-0.15, -0.1) is 0 Å². The highest BCUT2D eigenvalue weighted by Gasteiger charge is 2.30. The summed E-state index contributed by atoms with van der Waals surface area (Å²) in [4.78, 5) is 24.1. The number of hydrogen-bond acceptors (Lipinski definition) is 5. The second-order valence-electron chi connectivity index (χ2n) is 6.03. The van der Waals surface area contributed by atoms with Crippen LogP contribution in [0.25, 0.3) is 0 Å². The van der Waals surface area contributed by atoms with Crippen LogP contribution in [0.1, 0.15) is 28.4 Å². The summed E-state index contributed by atoms with van der Waals surface area (Å²) in [7, 11) is 0. The molecule has 1 aliphatic heterocycles. The Bertz CT molecular complexity index is 880. The Balaban J connectivity index is 1.52. The summed E-state index contributed by atoms with van der Waals surface area (Å²) in [5.41, 5.74) is -0.194. The molecule has 2 aromatic carbocycles. The third-order valence-electron chi connectivity index (χ3n) is 4.00. The van der Waals surface area contributed by atoms with Gasteiger partial charge in [-0.25, -0.2) is 4.79 Å². The number of amides is 1. The first-order valence-electron chi connectivity index (χ1n) is 8.28. The molecular weight excluding hydrogens is 379 g/mol. The summed E-state index contributed by atoms with van der Waals surface area (Å²) in [6.07, 6.45) is -5.62. The summed E-state index contributed by atoms with van der Waals surface area (Å²) >= 11 is 0. The van der Waals surface area contributed by atoms with E-state index in [1.165, 1.54) is 6.92 Å². The van der Waals surface area contributed by atoms with Gasteiger partial charge < -0.3 is 19.5 Å². The van der Waals surface area contributed by atoms with Gasteiger partial charge in [-0.2, -0.15) is 13.2 Å². The Labute approximate surface area is 158 Å². The van der Waals surface area contributed by atoms with E-state index in [9.17, 15) is 22.8 Å². The number of halogens is 3. The number of nitrogens with one attached hydrogen (secondary N) is 1. The van der Waals surface area contributed by atoms with E-state index in [1.807, 2.05) is 0 Å². The molecule has 1 atom stereocenters. The van der Waals surface area contributed by atoms with Crippen molar-refractivity contribution < 1.29 is 37.0 Å². The first-order valence-corrected chi connectivity index (χ1v) is 8.28. The van der Waals surface area contributed by atoms with Crippen LogP contribution in [-0.4, -0.2) is 24.8 Å². The van der Waals surface area contributed by atoms with E-state index < -0.39 is 29.7 Å². The quantitative estimate of drug-likeness (QED) is 0.787. The molecule has 0 saturated carbocycles. The highest BCUT2D eigenvalue weighted by molar-refractivity contribution is 5.92. The highest BCUT2D eigenvalue weighted by Crippen LogP contribution is 2.32. The Kier molecular flexibility index (Phi) is 5.43. The van der Waals surface area contributed by atoms with Gasteiger partial charge in [0.05, 0.1) is 11.1 Å². The molecule has 9 heteroatoms. The number of carbonyl (C=O) groups excluding carboxylic acids is 2. The Morgan fingerprint density at radius 2 is 1.79 bits per heavy atom. The minimum absolute atomic E-state index is 0.0802. The van der Waals surface area contributed by atoms with Crippen LogP contribution in [0.15, 0.2) is 42.5 Å². The summed E-state index contributed by atoms with van der Waals surface area (Å²) < 4.78 is 53.1. The largest absolute Gasteiger partial charge is 0.454 e. The molecule has 148 valence electrons. The number of ether oxygens (including phenoxy) is 3. The van der Waals surface area contributed by atoms with Crippen LogP contribution in [-0.2, 0) is 22.3 Å². The van der Waals surface area contributed by atoms with Crippen LogP contribution in [0.5, 0.6) is 11.5 Å².